The lowest BCUT2D eigenvalue weighted by molar-refractivity contribution is -0.141. The number of carbonyl (C=O) groups excluding carboxylic acids is 2. The van der Waals surface area contributed by atoms with Crippen molar-refractivity contribution in [2.75, 3.05) is 25.1 Å². The Bertz CT molecular complexity index is 403. The van der Waals surface area contributed by atoms with Crippen LogP contribution in [0.3, 0.4) is 0 Å². The second kappa shape index (κ2) is 9.86. The monoisotopic (exact) mass is 321 g/mol. The van der Waals surface area contributed by atoms with Gasteiger partial charge in [0, 0.05) is 12.3 Å². The van der Waals surface area contributed by atoms with Crippen molar-refractivity contribution >= 4 is 35.6 Å². The highest BCUT2D eigenvalue weighted by molar-refractivity contribution is 7.98. The zero-order valence-electron chi connectivity index (χ0n) is 11.7. The number of aliphatic carboxylic acids is 2. The number of hydrogen-bond acceptors (Lipinski definition) is 5. The largest absolute Gasteiger partial charge is 0.481 e. The van der Waals surface area contributed by atoms with Crippen LogP contribution in [0.2, 0.25) is 0 Å². The van der Waals surface area contributed by atoms with Crippen molar-refractivity contribution in [2.24, 2.45) is 5.92 Å². The number of nitrogens with one attached hydrogen (secondary N) is 3. The topological polar surface area (TPSA) is 145 Å². The molecule has 0 spiro atoms. The lowest BCUT2D eigenvalue weighted by atomic mass is 10.2. The highest BCUT2D eigenvalue weighted by Gasteiger charge is 2.21. The lowest BCUT2D eigenvalue weighted by Crippen LogP contribution is -2.52. The standard InChI is InChI=1S/C11H19N3O6S/c1-6(10(18)19)3-13-11(20)14-7(5-21-2)9(17)12-4-8(15)16/h6-7H,3-5H2,1-2H3,(H,12,17)(H,15,16)(H,18,19)(H2,13,14,20)/t6-,7-/m0/s1. The quantitative estimate of drug-likeness (QED) is 0.364. The Morgan fingerprint density at radius 1 is 1.14 bits per heavy atom. The van der Waals surface area contributed by atoms with Crippen LogP contribution in [-0.4, -0.2) is 65.2 Å². The summed E-state index contributed by atoms with van der Waals surface area (Å²) >= 11 is 1.30. The van der Waals surface area contributed by atoms with Gasteiger partial charge in [-0.3, -0.25) is 14.4 Å². The molecule has 21 heavy (non-hydrogen) atoms. The molecule has 0 rings (SSSR count). The van der Waals surface area contributed by atoms with E-state index in [9.17, 15) is 19.2 Å². The minimum absolute atomic E-state index is 0.0795. The predicted octanol–water partition coefficient (Wildman–Crippen LogP) is -1.06. The van der Waals surface area contributed by atoms with Crippen LogP contribution in [0.1, 0.15) is 6.92 Å². The average molecular weight is 321 g/mol. The zero-order valence-corrected chi connectivity index (χ0v) is 12.5. The van der Waals surface area contributed by atoms with Gasteiger partial charge in [-0.1, -0.05) is 6.92 Å². The number of urea groups is 1. The first kappa shape index (κ1) is 19.0. The maximum absolute atomic E-state index is 11.7. The molecule has 0 fully saturated rings. The number of rotatable bonds is 9. The first-order valence-corrected chi connectivity index (χ1v) is 7.43. The van der Waals surface area contributed by atoms with Gasteiger partial charge in [0.2, 0.25) is 5.91 Å². The van der Waals surface area contributed by atoms with E-state index in [1.165, 1.54) is 18.7 Å². The van der Waals surface area contributed by atoms with E-state index in [0.717, 1.165) is 0 Å². The Labute approximate surface area is 125 Å². The Hall–Kier alpha value is -1.97. The lowest BCUT2D eigenvalue weighted by Gasteiger charge is -2.18. The van der Waals surface area contributed by atoms with E-state index in [1.54, 1.807) is 6.26 Å². The number of carbonyl (C=O) groups is 4. The smallest absolute Gasteiger partial charge is 0.322 e. The Morgan fingerprint density at radius 2 is 1.76 bits per heavy atom. The van der Waals surface area contributed by atoms with Gasteiger partial charge in [-0.25, -0.2) is 4.79 Å². The first-order valence-electron chi connectivity index (χ1n) is 6.03. The maximum Gasteiger partial charge on any atom is 0.322 e. The fourth-order valence-corrected chi connectivity index (χ4v) is 1.75. The van der Waals surface area contributed by atoms with Crippen LogP contribution in [0.25, 0.3) is 0 Å². The van der Waals surface area contributed by atoms with Crippen molar-refractivity contribution in [3.8, 4) is 0 Å². The minimum atomic E-state index is -1.19. The summed E-state index contributed by atoms with van der Waals surface area (Å²) in [6, 6.07) is -1.59. The number of hydrogen-bond donors (Lipinski definition) is 5. The molecule has 0 heterocycles. The van der Waals surface area contributed by atoms with Crippen LogP contribution in [0.15, 0.2) is 0 Å². The molecule has 0 bridgehead atoms. The van der Waals surface area contributed by atoms with Crippen molar-refractivity contribution in [1.82, 2.24) is 16.0 Å². The van der Waals surface area contributed by atoms with Crippen molar-refractivity contribution in [2.45, 2.75) is 13.0 Å². The average Bonchev–Trinajstić information content (AvgIpc) is 2.41. The summed E-state index contributed by atoms with van der Waals surface area (Å²) < 4.78 is 0. The maximum atomic E-state index is 11.7. The number of thioether (sulfide) groups is 1. The SMILES string of the molecule is CSC[C@H](NC(=O)NC[C@H](C)C(=O)O)C(=O)NCC(=O)O. The molecule has 0 aromatic rings. The van der Waals surface area contributed by atoms with Gasteiger partial charge in [0.15, 0.2) is 0 Å². The highest BCUT2D eigenvalue weighted by atomic mass is 32.2. The molecule has 0 radical (unpaired) electrons. The van der Waals surface area contributed by atoms with Gasteiger partial charge in [-0.15, -0.1) is 0 Å². The van der Waals surface area contributed by atoms with Crippen molar-refractivity contribution in [3.63, 3.8) is 0 Å². The summed E-state index contributed by atoms with van der Waals surface area (Å²) in [5.41, 5.74) is 0. The molecule has 0 aromatic carbocycles. The van der Waals surface area contributed by atoms with Crippen molar-refractivity contribution in [1.29, 1.82) is 0 Å². The van der Waals surface area contributed by atoms with Crippen LogP contribution in [0.4, 0.5) is 4.79 Å². The highest BCUT2D eigenvalue weighted by Crippen LogP contribution is 1.98. The second-order valence-corrected chi connectivity index (χ2v) is 5.12. The Balaban J connectivity index is 4.35. The summed E-state index contributed by atoms with van der Waals surface area (Å²) in [6.07, 6.45) is 1.73. The molecule has 2 atom stereocenters. The van der Waals surface area contributed by atoms with Gasteiger partial charge >= 0.3 is 18.0 Å². The Morgan fingerprint density at radius 3 is 2.24 bits per heavy atom. The minimum Gasteiger partial charge on any atom is -0.481 e. The normalized spacial score (nSPS) is 12.9. The van der Waals surface area contributed by atoms with Gasteiger partial charge in [-0.2, -0.15) is 11.8 Å². The van der Waals surface area contributed by atoms with Crippen molar-refractivity contribution < 1.29 is 29.4 Å². The summed E-state index contributed by atoms with van der Waals surface area (Å²) in [6.45, 7) is 0.814. The van der Waals surface area contributed by atoms with E-state index < -0.39 is 42.4 Å². The predicted molar refractivity (Wildman–Crippen MR) is 76.1 cm³/mol. The van der Waals surface area contributed by atoms with Crippen LogP contribution in [0, 0.1) is 5.92 Å². The fraction of sp³-hybridized carbons (Fsp3) is 0.636. The molecule has 0 aliphatic heterocycles. The second-order valence-electron chi connectivity index (χ2n) is 4.21. The molecule has 5 N–H and O–H groups in total. The molecular formula is C11H19N3O6S. The molecule has 0 unspecified atom stereocenters. The zero-order chi connectivity index (χ0) is 16.4. The van der Waals surface area contributed by atoms with Crippen LogP contribution in [-0.2, 0) is 14.4 Å². The number of amides is 3. The summed E-state index contributed by atoms with van der Waals surface area (Å²) in [5, 5.41) is 24.0. The van der Waals surface area contributed by atoms with E-state index in [4.69, 9.17) is 10.2 Å². The summed E-state index contributed by atoms with van der Waals surface area (Å²) in [7, 11) is 0. The molecule has 9 nitrogen and oxygen atoms in total. The van der Waals surface area contributed by atoms with Crippen LogP contribution in [0.5, 0.6) is 0 Å². The molecule has 0 aliphatic carbocycles. The van der Waals surface area contributed by atoms with Gasteiger partial charge < -0.3 is 26.2 Å². The van der Waals surface area contributed by atoms with Gasteiger partial charge in [0.25, 0.3) is 0 Å². The van der Waals surface area contributed by atoms with E-state index in [1.807, 2.05) is 0 Å². The van der Waals surface area contributed by atoms with Gasteiger partial charge in [-0.05, 0) is 6.26 Å². The molecule has 0 saturated carbocycles. The third-order valence-corrected chi connectivity index (χ3v) is 3.03. The van der Waals surface area contributed by atoms with E-state index in [0.29, 0.717) is 0 Å². The molecule has 0 aliphatic rings. The first-order chi connectivity index (χ1) is 9.77. The molecule has 120 valence electrons. The molecular weight excluding hydrogens is 302 g/mol. The number of carboxylic acids is 2. The summed E-state index contributed by atoms with van der Waals surface area (Å²) in [4.78, 5) is 44.2. The van der Waals surface area contributed by atoms with E-state index >= 15 is 0 Å². The van der Waals surface area contributed by atoms with Gasteiger partial charge in [0.05, 0.1) is 5.92 Å². The fourth-order valence-electron chi connectivity index (χ4n) is 1.18. The van der Waals surface area contributed by atoms with Crippen LogP contribution >= 0.6 is 11.8 Å². The number of carboxylic acid groups (broad SMARTS) is 2. The summed E-state index contributed by atoms with van der Waals surface area (Å²) in [5.74, 6) is -3.35. The molecule has 10 heteroatoms. The molecule has 0 aromatic heterocycles. The third-order valence-electron chi connectivity index (χ3n) is 2.36. The van der Waals surface area contributed by atoms with Gasteiger partial charge in [0.1, 0.15) is 12.6 Å². The van der Waals surface area contributed by atoms with Crippen LogP contribution < -0.4 is 16.0 Å². The molecule has 3 amide bonds. The Kier molecular flexibility index (Phi) is 8.93. The molecule has 0 saturated heterocycles. The van der Waals surface area contributed by atoms with E-state index in [-0.39, 0.29) is 12.3 Å². The van der Waals surface area contributed by atoms with E-state index in [2.05, 4.69) is 16.0 Å². The van der Waals surface area contributed by atoms with Crippen molar-refractivity contribution in [3.05, 3.63) is 0 Å². The third kappa shape index (κ3) is 8.74.